The third-order valence-corrected chi connectivity index (χ3v) is 3.87. The quantitative estimate of drug-likeness (QED) is 0.770. The number of aliphatic hydroxyl groups excluding tert-OH is 1. The van der Waals surface area contributed by atoms with Gasteiger partial charge in [0.15, 0.2) is 0 Å². The highest BCUT2D eigenvalue weighted by molar-refractivity contribution is 6.05. The molecule has 1 heterocycles. The van der Waals surface area contributed by atoms with Gasteiger partial charge in [0, 0.05) is 29.2 Å². The van der Waals surface area contributed by atoms with Crippen LogP contribution >= 0.6 is 0 Å². The van der Waals surface area contributed by atoms with Crippen LogP contribution in [0.3, 0.4) is 0 Å². The van der Waals surface area contributed by atoms with Crippen LogP contribution in [-0.4, -0.2) is 40.9 Å². The summed E-state index contributed by atoms with van der Waals surface area (Å²) in [6.45, 7) is 9.08. The highest BCUT2D eigenvalue weighted by Gasteiger charge is 2.21. The number of rotatable bonds is 7. The smallest absolute Gasteiger partial charge is 0.340 e. The summed E-state index contributed by atoms with van der Waals surface area (Å²) in [4.78, 5) is 12.3. The Hall–Kier alpha value is -1.85. The SMILES string of the molecule is CCOC(=O)c1c(C)n(CC(O)CNC(C)C)c2ccccc12. The van der Waals surface area contributed by atoms with E-state index in [1.165, 1.54) is 0 Å². The molecule has 0 bridgehead atoms. The predicted octanol–water partition coefficient (Wildman–Crippen LogP) is 2.49. The topological polar surface area (TPSA) is 63.5 Å². The molecule has 0 saturated carbocycles. The molecule has 5 heteroatoms. The lowest BCUT2D eigenvalue weighted by Crippen LogP contribution is -2.34. The van der Waals surface area contributed by atoms with Crippen LogP contribution in [0.15, 0.2) is 24.3 Å². The van der Waals surface area contributed by atoms with Crippen LogP contribution in [0.25, 0.3) is 10.9 Å². The third-order valence-electron chi connectivity index (χ3n) is 3.87. The molecule has 0 aliphatic heterocycles. The number of carbonyl (C=O) groups excluding carboxylic acids is 1. The van der Waals surface area contributed by atoms with Gasteiger partial charge in [-0.15, -0.1) is 0 Å². The molecule has 23 heavy (non-hydrogen) atoms. The van der Waals surface area contributed by atoms with E-state index in [1.807, 2.05) is 49.6 Å². The number of hydrogen-bond donors (Lipinski definition) is 2. The van der Waals surface area contributed by atoms with Gasteiger partial charge in [-0.1, -0.05) is 32.0 Å². The van der Waals surface area contributed by atoms with Crippen LogP contribution < -0.4 is 5.32 Å². The maximum Gasteiger partial charge on any atom is 0.340 e. The minimum atomic E-state index is -0.526. The summed E-state index contributed by atoms with van der Waals surface area (Å²) in [6, 6.07) is 8.05. The fourth-order valence-electron chi connectivity index (χ4n) is 2.77. The lowest BCUT2D eigenvalue weighted by molar-refractivity contribution is 0.0527. The van der Waals surface area contributed by atoms with Crippen molar-refractivity contribution in [2.75, 3.05) is 13.2 Å². The van der Waals surface area contributed by atoms with E-state index in [2.05, 4.69) is 5.32 Å². The molecule has 1 unspecified atom stereocenters. The number of carbonyl (C=O) groups is 1. The van der Waals surface area contributed by atoms with Gasteiger partial charge in [0.1, 0.15) is 0 Å². The number of nitrogens with one attached hydrogen (secondary N) is 1. The lowest BCUT2D eigenvalue weighted by atomic mass is 10.1. The average Bonchev–Trinajstić information content (AvgIpc) is 2.78. The predicted molar refractivity (Wildman–Crippen MR) is 91.8 cm³/mol. The van der Waals surface area contributed by atoms with E-state index in [9.17, 15) is 9.90 Å². The zero-order chi connectivity index (χ0) is 17.0. The fourth-order valence-corrected chi connectivity index (χ4v) is 2.77. The number of aromatic nitrogens is 1. The average molecular weight is 318 g/mol. The van der Waals surface area contributed by atoms with Crippen LogP contribution in [-0.2, 0) is 11.3 Å². The summed E-state index contributed by atoms with van der Waals surface area (Å²) < 4.78 is 7.18. The van der Waals surface area contributed by atoms with E-state index in [0.717, 1.165) is 16.6 Å². The summed E-state index contributed by atoms with van der Waals surface area (Å²) in [6.07, 6.45) is -0.526. The standard InChI is InChI=1S/C18H26N2O3/c1-5-23-18(22)17-13(4)20(11-14(21)10-19-12(2)3)16-9-7-6-8-15(16)17/h6-9,12,14,19,21H,5,10-11H2,1-4H3. The first kappa shape index (κ1) is 17.5. The Bertz CT molecular complexity index is 676. The zero-order valence-corrected chi connectivity index (χ0v) is 14.3. The van der Waals surface area contributed by atoms with Gasteiger partial charge in [-0.25, -0.2) is 4.79 Å². The van der Waals surface area contributed by atoms with Crippen molar-refractivity contribution in [3.63, 3.8) is 0 Å². The van der Waals surface area contributed by atoms with Crippen molar-refractivity contribution in [1.82, 2.24) is 9.88 Å². The fraction of sp³-hybridized carbons (Fsp3) is 0.500. The lowest BCUT2D eigenvalue weighted by Gasteiger charge is -2.17. The Kier molecular flexibility index (Phi) is 5.80. The molecular formula is C18H26N2O3. The van der Waals surface area contributed by atoms with Gasteiger partial charge in [-0.2, -0.15) is 0 Å². The number of nitrogens with zero attached hydrogens (tertiary/aromatic N) is 1. The van der Waals surface area contributed by atoms with Gasteiger partial charge >= 0.3 is 5.97 Å². The van der Waals surface area contributed by atoms with Crippen molar-refractivity contribution in [1.29, 1.82) is 0 Å². The summed E-state index contributed by atoms with van der Waals surface area (Å²) in [5.74, 6) is -0.310. The van der Waals surface area contributed by atoms with E-state index in [0.29, 0.717) is 31.3 Å². The van der Waals surface area contributed by atoms with E-state index >= 15 is 0 Å². The Morgan fingerprint density at radius 2 is 2.04 bits per heavy atom. The number of fused-ring (bicyclic) bond motifs is 1. The van der Waals surface area contributed by atoms with Crippen LogP contribution in [0.4, 0.5) is 0 Å². The summed E-state index contributed by atoms with van der Waals surface area (Å²) in [5, 5.41) is 14.4. The number of para-hydroxylation sites is 1. The summed E-state index contributed by atoms with van der Waals surface area (Å²) >= 11 is 0. The zero-order valence-electron chi connectivity index (χ0n) is 14.3. The Morgan fingerprint density at radius 3 is 2.70 bits per heavy atom. The molecule has 2 rings (SSSR count). The molecule has 0 amide bonds. The van der Waals surface area contributed by atoms with E-state index in [4.69, 9.17) is 4.74 Å². The Morgan fingerprint density at radius 1 is 1.35 bits per heavy atom. The van der Waals surface area contributed by atoms with E-state index in [1.54, 1.807) is 6.92 Å². The van der Waals surface area contributed by atoms with Crippen molar-refractivity contribution in [2.24, 2.45) is 0 Å². The number of ether oxygens (including phenoxy) is 1. The van der Waals surface area contributed by atoms with Crippen LogP contribution in [0.5, 0.6) is 0 Å². The second-order valence-corrected chi connectivity index (χ2v) is 6.03. The minimum Gasteiger partial charge on any atom is -0.462 e. The van der Waals surface area contributed by atoms with Gasteiger partial charge in [0.25, 0.3) is 0 Å². The molecule has 5 nitrogen and oxygen atoms in total. The summed E-state index contributed by atoms with van der Waals surface area (Å²) in [5.41, 5.74) is 2.36. The van der Waals surface area contributed by atoms with Crippen molar-refractivity contribution in [2.45, 2.75) is 46.4 Å². The number of hydrogen-bond acceptors (Lipinski definition) is 4. The van der Waals surface area contributed by atoms with Crippen molar-refractivity contribution >= 4 is 16.9 Å². The molecule has 1 aromatic carbocycles. The summed E-state index contributed by atoms with van der Waals surface area (Å²) in [7, 11) is 0. The first-order chi connectivity index (χ1) is 11.0. The molecule has 2 N–H and O–H groups in total. The maximum absolute atomic E-state index is 12.3. The number of aliphatic hydroxyl groups is 1. The molecule has 1 aromatic heterocycles. The molecule has 2 aromatic rings. The van der Waals surface area contributed by atoms with Gasteiger partial charge in [-0.05, 0) is 19.9 Å². The molecule has 0 aliphatic rings. The third kappa shape index (κ3) is 3.92. The molecule has 1 atom stereocenters. The maximum atomic E-state index is 12.3. The van der Waals surface area contributed by atoms with E-state index < -0.39 is 6.10 Å². The minimum absolute atomic E-state index is 0.310. The van der Waals surface area contributed by atoms with Crippen LogP contribution in [0.1, 0.15) is 36.8 Å². The first-order valence-electron chi connectivity index (χ1n) is 8.12. The number of esters is 1. The number of benzene rings is 1. The van der Waals surface area contributed by atoms with Crippen LogP contribution in [0.2, 0.25) is 0 Å². The Labute approximate surface area is 137 Å². The van der Waals surface area contributed by atoms with E-state index in [-0.39, 0.29) is 5.97 Å². The largest absolute Gasteiger partial charge is 0.462 e. The Balaban J connectivity index is 2.36. The second-order valence-electron chi connectivity index (χ2n) is 6.03. The van der Waals surface area contributed by atoms with Crippen molar-refractivity contribution in [3.05, 3.63) is 35.5 Å². The second kappa shape index (κ2) is 7.62. The van der Waals surface area contributed by atoms with Gasteiger partial charge in [0.05, 0.1) is 24.8 Å². The highest BCUT2D eigenvalue weighted by Crippen LogP contribution is 2.26. The molecular weight excluding hydrogens is 292 g/mol. The molecule has 0 spiro atoms. The first-order valence-corrected chi connectivity index (χ1v) is 8.12. The monoisotopic (exact) mass is 318 g/mol. The van der Waals surface area contributed by atoms with Gasteiger partial charge < -0.3 is 19.7 Å². The normalized spacial score (nSPS) is 12.8. The highest BCUT2D eigenvalue weighted by atomic mass is 16.5. The van der Waals surface area contributed by atoms with Crippen molar-refractivity contribution in [3.8, 4) is 0 Å². The van der Waals surface area contributed by atoms with Gasteiger partial charge in [-0.3, -0.25) is 0 Å². The molecule has 0 radical (unpaired) electrons. The van der Waals surface area contributed by atoms with Gasteiger partial charge in [0.2, 0.25) is 0 Å². The molecule has 0 aliphatic carbocycles. The molecule has 0 fully saturated rings. The van der Waals surface area contributed by atoms with Crippen molar-refractivity contribution < 1.29 is 14.6 Å². The molecule has 126 valence electrons. The van der Waals surface area contributed by atoms with Crippen LogP contribution in [0, 0.1) is 6.92 Å². The molecule has 0 saturated heterocycles.